The molecule has 0 radical (unpaired) electrons. The molecule has 3 unspecified atom stereocenters. The highest BCUT2D eigenvalue weighted by atomic mass is 16.3. The second kappa shape index (κ2) is 4.67. The molecule has 0 aromatic heterocycles. The van der Waals surface area contributed by atoms with Crippen molar-refractivity contribution >= 4 is 0 Å². The van der Waals surface area contributed by atoms with E-state index in [9.17, 15) is 9.81 Å². The van der Waals surface area contributed by atoms with Crippen molar-refractivity contribution in [3.05, 3.63) is 9.81 Å². The quantitative estimate of drug-likeness (QED) is 0.512. The highest BCUT2D eigenvalue weighted by molar-refractivity contribution is 5.16. The minimum absolute atomic E-state index is 0.222. The summed E-state index contributed by atoms with van der Waals surface area (Å²) in [5.41, 5.74) is 0. The van der Waals surface area contributed by atoms with E-state index in [-0.39, 0.29) is 12.5 Å². The SMILES string of the molecule is O=NC1C#CC(C(CO)N=O)CC1. The molecule has 0 aliphatic heterocycles. The first-order valence-electron chi connectivity index (χ1n) is 4.08. The summed E-state index contributed by atoms with van der Waals surface area (Å²) in [5.74, 6) is 5.13. The van der Waals surface area contributed by atoms with Crippen molar-refractivity contribution in [1.29, 1.82) is 0 Å². The van der Waals surface area contributed by atoms with E-state index in [4.69, 9.17) is 5.11 Å². The van der Waals surface area contributed by atoms with E-state index in [2.05, 4.69) is 22.2 Å². The molecule has 1 rings (SSSR count). The fourth-order valence-electron chi connectivity index (χ4n) is 1.29. The van der Waals surface area contributed by atoms with Crippen molar-refractivity contribution < 1.29 is 5.11 Å². The average molecular weight is 182 g/mol. The highest BCUT2D eigenvalue weighted by Gasteiger charge is 2.24. The van der Waals surface area contributed by atoms with Gasteiger partial charge in [-0.05, 0) is 12.8 Å². The molecule has 3 atom stereocenters. The number of hydrogen-bond acceptors (Lipinski definition) is 5. The molecule has 0 bridgehead atoms. The van der Waals surface area contributed by atoms with Gasteiger partial charge in [0.15, 0.2) is 6.04 Å². The number of nitrogens with zero attached hydrogens (tertiary/aromatic N) is 2. The first-order valence-corrected chi connectivity index (χ1v) is 4.08. The van der Waals surface area contributed by atoms with E-state index in [0.29, 0.717) is 12.8 Å². The lowest BCUT2D eigenvalue weighted by Crippen LogP contribution is -2.24. The van der Waals surface area contributed by atoms with Gasteiger partial charge in [-0.3, -0.25) is 0 Å². The lowest BCUT2D eigenvalue weighted by Gasteiger charge is -2.17. The average Bonchev–Trinajstić information content (AvgIpc) is 2.21. The molecule has 0 aromatic rings. The van der Waals surface area contributed by atoms with Crippen LogP contribution in [0, 0.1) is 27.6 Å². The zero-order chi connectivity index (χ0) is 9.68. The molecule has 0 spiro atoms. The van der Waals surface area contributed by atoms with Crippen molar-refractivity contribution in [2.45, 2.75) is 24.9 Å². The van der Waals surface area contributed by atoms with Gasteiger partial charge in [0, 0.05) is 5.92 Å². The maximum absolute atomic E-state index is 10.2. The van der Waals surface area contributed by atoms with Gasteiger partial charge in [-0.15, -0.1) is 4.91 Å². The van der Waals surface area contributed by atoms with Crippen LogP contribution in [0.15, 0.2) is 10.4 Å². The smallest absolute Gasteiger partial charge is 0.152 e. The molecule has 0 aromatic carbocycles. The van der Waals surface area contributed by atoms with Crippen LogP contribution in [-0.2, 0) is 0 Å². The minimum Gasteiger partial charge on any atom is -0.394 e. The standard InChI is InChI=1S/C8H10N2O3/c11-5-8(10-13)6-1-3-7(9-12)4-2-6/h6-8,11H,1,3,5H2. The zero-order valence-electron chi connectivity index (χ0n) is 7.01. The van der Waals surface area contributed by atoms with Crippen molar-refractivity contribution in [3.8, 4) is 11.8 Å². The molecule has 1 aliphatic carbocycles. The van der Waals surface area contributed by atoms with Gasteiger partial charge in [-0.2, -0.15) is 4.91 Å². The lowest BCUT2D eigenvalue weighted by molar-refractivity contribution is 0.237. The fourth-order valence-corrected chi connectivity index (χ4v) is 1.29. The van der Waals surface area contributed by atoms with Crippen molar-refractivity contribution in [3.63, 3.8) is 0 Å². The molecule has 1 aliphatic rings. The molecule has 5 nitrogen and oxygen atoms in total. The second-order valence-corrected chi connectivity index (χ2v) is 2.95. The fraction of sp³-hybridized carbons (Fsp3) is 0.750. The second-order valence-electron chi connectivity index (χ2n) is 2.95. The van der Waals surface area contributed by atoms with E-state index in [0.717, 1.165) is 0 Å². The molecule has 0 heterocycles. The molecule has 5 heteroatoms. The Kier molecular flexibility index (Phi) is 3.53. The molecular formula is C8H10N2O3. The summed E-state index contributed by atoms with van der Waals surface area (Å²) in [6.45, 7) is -0.290. The van der Waals surface area contributed by atoms with Gasteiger partial charge in [-0.1, -0.05) is 22.2 Å². The monoisotopic (exact) mass is 182 g/mol. The first kappa shape index (κ1) is 9.81. The Morgan fingerprint density at radius 1 is 1.38 bits per heavy atom. The molecular weight excluding hydrogens is 172 g/mol. The first-order chi connectivity index (χ1) is 6.31. The third-order valence-corrected chi connectivity index (χ3v) is 2.10. The van der Waals surface area contributed by atoms with Gasteiger partial charge < -0.3 is 5.11 Å². The topological polar surface area (TPSA) is 79.1 Å². The normalized spacial score (nSPS) is 28.4. The van der Waals surface area contributed by atoms with Crippen LogP contribution in [0.3, 0.4) is 0 Å². The van der Waals surface area contributed by atoms with E-state index in [1.54, 1.807) is 0 Å². The lowest BCUT2D eigenvalue weighted by atomic mass is 9.90. The summed E-state index contributed by atoms with van der Waals surface area (Å²) in [5, 5.41) is 14.3. The molecule has 0 saturated carbocycles. The van der Waals surface area contributed by atoms with Crippen LogP contribution in [0.2, 0.25) is 0 Å². The Morgan fingerprint density at radius 2 is 2.15 bits per heavy atom. The minimum atomic E-state index is -0.667. The third kappa shape index (κ3) is 2.33. The largest absolute Gasteiger partial charge is 0.394 e. The van der Waals surface area contributed by atoms with Gasteiger partial charge in [-0.25, -0.2) is 0 Å². The molecule has 1 N–H and O–H groups in total. The Morgan fingerprint density at radius 3 is 2.54 bits per heavy atom. The number of aliphatic hydroxyl groups is 1. The number of hydrogen-bond donors (Lipinski definition) is 1. The van der Waals surface area contributed by atoms with Crippen LogP contribution in [0.1, 0.15) is 12.8 Å². The zero-order valence-corrected chi connectivity index (χ0v) is 7.01. The van der Waals surface area contributed by atoms with Crippen LogP contribution in [0.4, 0.5) is 0 Å². The number of nitroso groups, excluding NO2 is 2. The summed E-state index contributed by atoms with van der Waals surface area (Å²) in [6, 6.07) is -1.12. The van der Waals surface area contributed by atoms with Crippen molar-refractivity contribution in [1.82, 2.24) is 0 Å². The molecule has 0 amide bonds. The summed E-state index contributed by atoms with van der Waals surface area (Å²) in [4.78, 5) is 20.3. The van der Waals surface area contributed by atoms with Crippen LogP contribution >= 0.6 is 0 Å². The van der Waals surface area contributed by atoms with Crippen LogP contribution in [0.25, 0.3) is 0 Å². The van der Waals surface area contributed by atoms with Crippen LogP contribution in [0.5, 0.6) is 0 Å². The van der Waals surface area contributed by atoms with Crippen molar-refractivity contribution in [2.75, 3.05) is 6.61 Å². The van der Waals surface area contributed by atoms with Gasteiger partial charge in [0.05, 0.1) is 6.61 Å². The third-order valence-electron chi connectivity index (χ3n) is 2.10. The molecule has 13 heavy (non-hydrogen) atoms. The Labute approximate surface area is 75.5 Å². The Balaban J connectivity index is 2.61. The number of rotatable bonds is 4. The summed E-state index contributed by atoms with van der Waals surface area (Å²) >= 11 is 0. The number of aliphatic hydroxyl groups excluding tert-OH is 1. The predicted molar refractivity (Wildman–Crippen MR) is 46.8 cm³/mol. The van der Waals surface area contributed by atoms with Crippen LogP contribution < -0.4 is 0 Å². The molecule has 0 fully saturated rings. The van der Waals surface area contributed by atoms with E-state index in [1.165, 1.54) is 0 Å². The maximum atomic E-state index is 10.2. The van der Waals surface area contributed by atoms with Crippen LogP contribution in [-0.4, -0.2) is 23.8 Å². The van der Waals surface area contributed by atoms with E-state index >= 15 is 0 Å². The summed E-state index contributed by atoms with van der Waals surface area (Å²) in [7, 11) is 0. The molecule has 0 saturated heterocycles. The maximum Gasteiger partial charge on any atom is 0.152 e. The summed E-state index contributed by atoms with van der Waals surface area (Å²) in [6.07, 6.45) is 1.15. The van der Waals surface area contributed by atoms with Gasteiger partial charge >= 0.3 is 0 Å². The van der Waals surface area contributed by atoms with E-state index in [1.807, 2.05) is 0 Å². The van der Waals surface area contributed by atoms with E-state index < -0.39 is 12.1 Å². The van der Waals surface area contributed by atoms with Crippen molar-refractivity contribution in [2.24, 2.45) is 16.3 Å². The Hall–Kier alpha value is -1.28. The summed E-state index contributed by atoms with van der Waals surface area (Å²) < 4.78 is 0. The van der Waals surface area contributed by atoms with Gasteiger partial charge in [0.1, 0.15) is 6.04 Å². The highest BCUT2D eigenvalue weighted by Crippen LogP contribution is 2.19. The van der Waals surface area contributed by atoms with Gasteiger partial charge in [0.25, 0.3) is 0 Å². The molecule has 70 valence electrons. The van der Waals surface area contributed by atoms with Gasteiger partial charge in [0.2, 0.25) is 0 Å². The Bertz CT molecular complexity index is 256. The predicted octanol–water partition coefficient (Wildman–Crippen LogP) is 0.662.